The largest absolute Gasteiger partial charge is 0.495 e. The molecule has 3 N–H and O–H groups in total. The molecule has 0 bridgehead atoms. The van der Waals surface area contributed by atoms with Crippen LogP contribution in [0.15, 0.2) is 53.6 Å². The molecular weight excluding hydrogens is 432 g/mol. The van der Waals surface area contributed by atoms with Crippen LogP contribution in [0.2, 0.25) is 5.02 Å². The Labute approximate surface area is 190 Å². The summed E-state index contributed by atoms with van der Waals surface area (Å²) in [6, 6.07) is 13.9. The van der Waals surface area contributed by atoms with Gasteiger partial charge in [-0.15, -0.1) is 12.6 Å². The fraction of sp³-hybridized carbons (Fsp3) is 0.136. The molecule has 0 spiro atoms. The van der Waals surface area contributed by atoms with Crippen LogP contribution < -0.4 is 15.4 Å². The Balaban J connectivity index is 1.63. The molecule has 4 aromatic rings. The molecule has 7 nitrogen and oxygen atoms in total. The third kappa shape index (κ3) is 4.76. The van der Waals surface area contributed by atoms with Gasteiger partial charge in [-0.05, 0) is 54.8 Å². The Kier molecular flexibility index (Phi) is 6.01. The molecule has 0 fully saturated rings. The van der Waals surface area contributed by atoms with Crippen LogP contribution in [0.25, 0.3) is 11.1 Å². The number of nitrogens with zero attached hydrogens (tertiary/aromatic N) is 3. The quantitative estimate of drug-likeness (QED) is 0.271. The van der Waals surface area contributed by atoms with Crippen LogP contribution in [0.3, 0.4) is 0 Å². The van der Waals surface area contributed by atoms with E-state index in [-0.39, 0.29) is 0 Å². The molecule has 2 heterocycles. The zero-order chi connectivity index (χ0) is 22.0. The van der Waals surface area contributed by atoms with Crippen LogP contribution in [0, 0.1) is 13.8 Å². The molecule has 0 saturated heterocycles. The Bertz CT molecular complexity index is 1230. The number of aromatic amines is 1. The van der Waals surface area contributed by atoms with Crippen molar-refractivity contribution in [3.8, 4) is 16.9 Å². The first-order valence-electron chi connectivity index (χ1n) is 9.49. The molecule has 0 atom stereocenters. The molecule has 0 aliphatic rings. The summed E-state index contributed by atoms with van der Waals surface area (Å²) in [5.41, 5.74) is 4.91. The number of nitrogens with one attached hydrogen (secondary N) is 3. The van der Waals surface area contributed by atoms with Gasteiger partial charge in [0.05, 0.1) is 19.0 Å². The molecule has 4 rings (SSSR count). The van der Waals surface area contributed by atoms with E-state index < -0.39 is 0 Å². The Morgan fingerprint density at radius 3 is 2.52 bits per heavy atom. The smallest absolute Gasteiger partial charge is 0.229 e. The second kappa shape index (κ2) is 8.87. The van der Waals surface area contributed by atoms with Crippen molar-refractivity contribution in [1.29, 1.82) is 0 Å². The van der Waals surface area contributed by atoms with Gasteiger partial charge in [0.25, 0.3) is 0 Å². The highest BCUT2D eigenvalue weighted by Crippen LogP contribution is 2.36. The first-order valence-corrected chi connectivity index (χ1v) is 10.3. The van der Waals surface area contributed by atoms with E-state index in [2.05, 4.69) is 43.4 Å². The summed E-state index contributed by atoms with van der Waals surface area (Å²) in [6.07, 6.45) is 1.53. The molecular formula is C22H21ClN6OS. The average molecular weight is 453 g/mol. The van der Waals surface area contributed by atoms with Gasteiger partial charge in [0.15, 0.2) is 11.6 Å². The van der Waals surface area contributed by atoms with Crippen LogP contribution >= 0.6 is 24.2 Å². The summed E-state index contributed by atoms with van der Waals surface area (Å²) in [7, 11) is 1.63. The highest BCUT2D eigenvalue weighted by atomic mass is 35.5. The lowest BCUT2D eigenvalue weighted by Gasteiger charge is -2.15. The van der Waals surface area contributed by atoms with Gasteiger partial charge >= 0.3 is 0 Å². The maximum absolute atomic E-state index is 6.26. The van der Waals surface area contributed by atoms with Crippen molar-refractivity contribution in [3.63, 3.8) is 0 Å². The number of benzene rings is 2. The van der Waals surface area contributed by atoms with E-state index >= 15 is 0 Å². The van der Waals surface area contributed by atoms with E-state index in [4.69, 9.17) is 16.3 Å². The Morgan fingerprint density at radius 2 is 1.84 bits per heavy atom. The number of methoxy groups -OCH3 is 1. The van der Waals surface area contributed by atoms with Crippen LogP contribution in [0.1, 0.15) is 11.3 Å². The Hall–Kier alpha value is -3.23. The SMILES string of the molecule is COc1cc(-c2ccc(S)cc2)c(C)cc1Nc1ncc(Cl)c(Nc2cc(C)[nH]n2)n1. The molecule has 0 aliphatic carbocycles. The molecule has 0 aliphatic heterocycles. The monoisotopic (exact) mass is 452 g/mol. The number of aryl methyl sites for hydroxylation is 2. The van der Waals surface area contributed by atoms with Crippen molar-refractivity contribution >= 4 is 47.5 Å². The lowest BCUT2D eigenvalue weighted by molar-refractivity contribution is 0.417. The molecule has 0 saturated carbocycles. The molecule has 9 heteroatoms. The molecule has 31 heavy (non-hydrogen) atoms. The molecule has 158 valence electrons. The summed E-state index contributed by atoms with van der Waals surface area (Å²) in [5, 5.41) is 13.7. The van der Waals surface area contributed by atoms with Gasteiger partial charge in [-0.3, -0.25) is 5.10 Å². The molecule has 0 unspecified atom stereocenters. The number of thiol groups is 1. The number of aromatic nitrogens is 4. The normalized spacial score (nSPS) is 10.7. The van der Waals surface area contributed by atoms with Gasteiger partial charge in [-0.2, -0.15) is 10.1 Å². The minimum Gasteiger partial charge on any atom is -0.495 e. The second-order valence-corrected chi connectivity index (χ2v) is 7.91. The van der Waals surface area contributed by atoms with E-state index in [9.17, 15) is 0 Å². The van der Waals surface area contributed by atoms with E-state index in [1.165, 1.54) is 6.20 Å². The highest BCUT2D eigenvalue weighted by molar-refractivity contribution is 7.80. The van der Waals surface area contributed by atoms with Gasteiger partial charge in [0, 0.05) is 16.7 Å². The average Bonchev–Trinajstić information content (AvgIpc) is 3.16. The highest BCUT2D eigenvalue weighted by Gasteiger charge is 2.13. The van der Waals surface area contributed by atoms with Gasteiger partial charge in [0.1, 0.15) is 10.8 Å². The first kappa shape index (κ1) is 21.0. The minimum atomic E-state index is 0.379. The zero-order valence-electron chi connectivity index (χ0n) is 17.2. The van der Waals surface area contributed by atoms with E-state index in [0.29, 0.717) is 28.4 Å². The van der Waals surface area contributed by atoms with Crippen LogP contribution in [0.5, 0.6) is 5.75 Å². The number of anilines is 4. The van der Waals surface area contributed by atoms with Crippen LogP contribution in [0.4, 0.5) is 23.3 Å². The Morgan fingerprint density at radius 1 is 1.06 bits per heavy atom. The summed E-state index contributed by atoms with van der Waals surface area (Å²) < 4.78 is 5.62. The standard InChI is InChI=1S/C22H21ClN6OS/c1-12-8-18(19(30-3)10-16(12)14-4-6-15(31)7-5-14)25-22-24-11-17(23)21(27-22)26-20-9-13(2)28-29-20/h4-11,31H,1-3H3,(H3,24,25,26,27,28,29). The number of rotatable bonds is 6. The third-order valence-corrected chi connectivity index (χ3v) is 5.24. The van der Waals surface area contributed by atoms with E-state index in [0.717, 1.165) is 33.0 Å². The predicted molar refractivity (Wildman–Crippen MR) is 127 cm³/mol. The third-order valence-electron chi connectivity index (χ3n) is 4.67. The van der Waals surface area contributed by atoms with Gasteiger partial charge in [0.2, 0.25) is 5.95 Å². The summed E-state index contributed by atoms with van der Waals surface area (Å²) in [6.45, 7) is 3.96. The van der Waals surface area contributed by atoms with Gasteiger partial charge < -0.3 is 15.4 Å². The fourth-order valence-corrected chi connectivity index (χ4v) is 3.43. The maximum Gasteiger partial charge on any atom is 0.229 e. The van der Waals surface area contributed by atoms with Crippen molar-refractivity contribution in [3.05, 3.63) is 64.9 Å². The minimum absolute atomic E-state index is 0.379. The lowest BCUT2D eigenvalue weighted by atomic mass is 9.99. The first-order chi connectivity index (χ1) is 14.9. The van der Waals surface area contributed by atoms with Crippen molar-refractivity contribution < 1.29 is 4.74 Å². The zero-order valence-corrected chi connectivity index (χ0v) is 18.8. The molecule has 0 radical (unpaired) electrons. The number of halogens is 1. The van der Waals surface area contributed by atoms with Crippen molar-refractivity contribution in [2.75, 3.05) is 17.7 Å². The summed E-state index contributed by atoms with van der Waals surface area (Å²) in [5.74, 6) is 2.12. The number of hydrogen-bond donors (Lipinski definition) is 4. The summed E-state index contributed by atoms with van der Waals surface area (Å²) in [4.78, 5) is 9.69. The summed E-state index contributed by atoms with van der Waals surface area (Å²) >= 11 is 10.6. The van der Waals surface area contributed by atoms with Crippen LogP contribution in [-0.2, 0) is 0 Å². The predicted octanol–water partition coefficient (Wildman–Crippen LogP) is 5.92. The lowest BCUT2D eigenvalue weighted by Crippen LogP contribution is -2.03. The molecule has 2 aromatic heterocycles. The number of ether oxygens (including phenoxy) is 1. The van der Waals surface area contributed by atoms with Crippen molar-refractivity contribution in [2.24, 2.45) is 0 Å². The van der Waals surface area contributed by atoms with E-state index in [1.807, 2.05) is 56.3 Å². The van der Waals surface area contributed by atoms with Crippen molar-refractivity contribution in [2.45, 2.75) is 18.7 Å². The van der Waals surface area contributed by atoms with Gasteiger partial charge in [-0.25, -0.2) is 4.98 Å². The second-order valence-electron chi connectivity index (χ2n) is 6.99. The van der Waals surface area contributed by atoms with Crippen molar-refractivity contribution in [1.82, 2.24) is 20.2 Å². The molecule has 0 amide bonds. The fourth-order valence-electron chi connectivity index (χ4n) is 3.15. The number of H-pyrrole nitrogens is 1. The maximum atomic E-state index is 6.26. The van der Waals surface area contributed by atoms with Gasteiger partial charge in [-0.1, -0.05) is 23.7 Å². The van der Waals surface area contributed by atoms with Crippen LogP contribution in [-0.4, -0.2) is 27.3 Å². The number of hydrogen-bond acceptors (Lipinski definition) is 7. The molecule has 2 aromatic carbocycles. The van der Waals surface area contributed by atoms with E-state index in [1.54, 1.807) is 7.11 Å². The topological polar surface area (TPSA) is 87.8 Å².